The van der Waals surface area contributed by atoms with Crippen LogP contribution >= 0.6 is 0 Å². The minimum atomic E-state index is -0.112. The van der Waals surface area contributed by atoms with Crippen LogP contribution in [0.25, 0.3) is 0 Å². The van der Waals surface area contributed by atoms with Crippen LogP contribution in [0, 0.1) is 12.7 Å². The van der Waals surface area contributed by atoms with E-state index in [2.05, 4.69) is 77.6 Å². The maximum atomic E-state index is 14.3. The van der Waals surface area contributed by atoms with Gasteiger partial charge in [-0.1, -0.05) is 49.9 Å². The van der Waals surface area contributed by atoms with E-state index >= 15 is 0 Å². The average Bonchev–Trinajstić information content (AvgIpc) is 2.82. The number of rotatable bonds is 10. The minimum absolute atomic E-state index is 0.112. The molecule has 0 spiro atoms. The van der Waals surface area contributed by atoms with Crippen LogP contribution in [0.3, 0.4) is 0 Å². The molecule has 1 heterocycles. The lowest BCUT2D eigenvalue weighted by molar-refractivity contribution is -0.521. The lowest BCUT2D eigenvalue weighted by Crippen LogP contribution is -2.46. The van der Waals surface area contributed by atoms with Crippen LogP contribution in [-0.4, -0.2) is 55.0 Å². The highest BCUT2D eigenvalue weighted by Crippen LogP contribution is 2.22. The summed E-state index contributed by atoms with van der Waals surface area (Å²) in [5.41, 5.74) is 4.34. The molecular weight excluding hydrogens is 409 g/mol. The van der Waals surface area contributed by atoms with E-state index in [4.69, 9.17) is 0 Å². The van der Waals surface area contributed by atoms with Crippen LogP contribution < -0.4 is 4.90 Å². The molecule has 0 aromatic heterocycles. The number of halogens is 1. The number of nitrogens with zero attached hydrogens (tertiary/aromatic N) is 3. The Morgan fingerprint density at radius 3 is 2.39 bits per heavy atom. The second-order valence-electron chi connectivity index (χ2n) is 9.07. The van der Waals surface area contributed by atoms with Gasteiger partial charge in [0.2, 0.25) is 0 Å². The van der Waals surface area contributed by atoms with Crippen molar-refractivity contribution in [3.8, 4) is 0 Å². The fraction of sp³-hybridized carbons (Fsp3) is 0.414. The third-order valence-electron chi connectivity index (χ3n) is 6.44. The Bertz CT molecular complexity index is 953. The molecule has 0 N–H and O–H groups in total. The molecule has 4 heteroatoms. The zero-order valence-electron chi connectivity index (χ0n) is 20.5. The Balaban J connectivity index is 1.46. The van der Waals surface area contributed by atoms with E-state index in [0.717, 1.165) is 63.2 Å². The smallest absolute Gasteiger partial charge is 0.170 e. The van der Waals surface area contributed by atoms with Gasteiger partial charge in [0.1, 0.15) is 12.9 Å². The summed E-state index contributed by atoms with van der Waals surface area (Å²) in [5, 5.41) is 0. The summed E-state index contributed by atoms with van der Waals surface area (Å²) in [6.45, 7) is 12.6. The number of benzene rings is 2. The Hall–Kier alpha value is -2.72. The summed E-state index contributed by atoms with van der Waals surface area (Å²) in [7, 11) is 2.11. The highest BCUT2D eigenvalue weighted by molar-refractivity contribution is 5.66. The van der Waals surface area contributed by atoms with Gasteiger partial charge in [-0.15, -0.1) is 0 Å². The van der Waals surface area contributed by atoms with Crippen molar-refractivity contribution in [1.29, 1.82) is 0 Å². The van der Waals surface area contributed by atoms with E-state index in [0.29, 0.717) is 6.04 Å². The minimum Gasteiger partial charge on any atom is -0.367 e. The molecule has 0 saturated carbocycles. The van der Waals surface area contributed by atoms with Crippen molar-refractivity contribution >= 4 is 11.9 Å². The van der Waals surface area contributed by atoms with Crippen molar-refractivity contribution in [2.24, 2.45) is 0 Å². The maximum Gasteiger partial charge on any atom is 0.170 e. The van der Waals surface area contributed by atoms with Crippen LogP contribution in [0.2, 0.25) is 0 Å². The number of aryl methyl sites for hydroxylation is 1. The fourth-order valence-electron chi connectivity index (χ4n) is 4.35. The van der Waals surface area contributed by atoms with Crippen molar-refractivity contribution in [3.05, 3.63) is 89.8 Å². The SMILES string of the molecule is C=CC(CCC)[N+](C)=C/C=C/Cc1ccc(CN2CCN(c3ccc(C)cc3F)CC2)cc1. The van der Waals surface area contributed by atoms with E-state index < -0.39 is 0 Å². The van der Waals surface area contributed by atoms with Crippen molar-refractivity contribution in [1.82, 2.24) is 4.90 Å². The molecular formula is C29H39FN3+. The van der Waals surface area contributed by atoms with Crippen molar-refractivity contribution in [2.75, 3.05) is 38.1 Å². The Morgan fingerprint density at radius 1 is 1.06 bits per heavy atom. The first-order valence-corrected chi connectivity index (χ1v) is 12.2. The maximum absolute atomic E-state index is 14.3. The summed E-state index contributed by atoms with van der Waals surface area (Å²) in [5.74, 6) is -0.112. The molecule has 2 aromatic carbocycles. The van der Waals surface area contributed by atoms with Gasteiger partial charge in [-0.2, -0.15) is 0 Å². The number of hydrogen-bond donors (Lipinski definition) is 0. The molecule has 1 saturated heterocycles. The van der Waals surface area contributed by atoms with Crippen molar-refractivity contribution in [2.45, 2.75) is 45.7 Å². The zero-order valence-corrected chi connectivity index (χ0v) is 20.5. The number of likely N-dealkylation sites (N-methyl/N-ethyl adjacent to an activating group) is 1. The summed E-state index contributed by atoms with van der Waals surface area (Å²) in [6, 6.07) is 14.8. The van der Waals surface area contributed by atoms with Crippen molar-refractivity contribution < 1.29 is 8.97 Å². The molecule has 0 radical (unpaired) electrons. The standard InChI is InChI=1S/C29H39FN3/c1-5-9-27(6-2)31(4)17-8-7-10-25-12-14-26(15-13-25)23-32-18-20-33(21-19-32)29-16-11-24(3)22-28(29)30/h6-8,11-17,22,27H,2,5,9-10,18-21,23H2,1,3-4H3/q+1/b8-7+,31-17?. The summed E-state index contributed by atoms with van der Waals surface area (Å²) >= 11 is 0. The molecule has 2 aromatic rings. The second kappa shape index (κ2) is 12.5. The van der Waals surface area contributed by atoms with E-state index in [1.54, 1.807) is 6.07 Å². The monoisotopic (exact) mass is 448 g/mol. The van der Waals surface area contributed by atoms with Gasteiger partial charge in [0.05, 0.1) is 5.69 Å². The van der Waals surface area contributed by atoms with Crippen LogP contribution in [0.1, 0.15) is 36.5 Å². The van der Waals surface area contributed by atoms with Gasteiger partial charge in [0.15, 0.2) is 12.3 Å². The van der Waals surface area contributed by atoms with Gasteiger partial charge in [0, 0.05) is 39.1 Å². The number of piperazine rings is 1. The molecule has 0 amide bonds. The van der Waals surface area contributed by atoms with Crippen LogP contribution in [0.5, 0.6) is 0 Å². The van der Waals surface area contributed by atoms with Gasteiger partial charge in [0.25, 0.3) is 0 Å². The third-order valence-corrected chi connectivity index (χ3v) is 6.44. The van der Waals surface area contributed by atoms with Crippen LogP contribution in [-0.2, 0) is 13.0 Å². The van der Waals surface area contributed by atoms with Gasteiger partial charge < -0.3 is 4.90 Å². The normalized spacial score (nSPS) is 16.4. The van der Waals surface area contributed by atoms with Crippen molar-refractivity contribution in [3.63, 3.8) is 0 Å². The van der Waals surface area contributed by atoms with Gasteiger partial charge in [-0.25, -0.2) is 8.97 Å². The highest BCUT2D eigenvalue weighted by Gasteiger charge is 2.19. The van der Waals surface area contributed by atoms with E-state index in [1.807, 2.05) is 25.1 Å². The lowest BCUT2D eigenvalue weighted by Gasteiger charge is -2.36. The predicted molar refractivity (Wildman–Crippen MR) is 139 cm³/mol. The van der Waals surface area contributed by atoms with Gasteiger partial charge in [-0.05, 0) is 60.7 Å². The molecule has 0 aliphatic carbocycles. The second-order valence-corrected chi connectivity index (χ2v) is 9.07. The molecule has 1 aliphatic rings. The molecule has 0 bridgehead atoms. The third kappa shape index (κ3) is 7.40. The van der Waals surface area contributed by atoms with Crippen LogP contribution in [0.4, 0.5) is 10.1 Å². The molecule has 33 heavy (non-hydrogen) atoms. The molecule has 3 rings (SSSR count). The Labute approximate surface area is 199 Å². The van der Waals surface area contributed by atoms with E-state index in [-0.39, 0.29) is 5.82 Å². The molecule has 3 nitrogen and oxygen atoms in total. The first-order chi connectivity index (χ1) is 16.0. The first kappa shape index (κ1) is 24.9. The molecule has 1 aliphatic heterocycles. The Morgan fingerprint density at radius 2 is 1.76 bits per heavy atom. The average molecular weight is 449 g/mol. The molecule has 1 fully saturated rings. The largest absolute Gasteiger partial charge is 0.367 e. The Kier molecular flexibility index (Phi) is 9.44. The predicted octanol–water partition coefficient (Wildman–Crippen LogP) is 5.62. The molecule has 1 unspecified atom stereocenters. The quantitative estimate of drug-likeness (QED) is 0.265. The van der Waals surface area contributed by atoms with Gasteiger partial charge in [-0.3, -0.25) is 4.90 Å². The zero-order chi connectivity index (χ0) is 23.6. The molecule has 1 atom stereocenters. The lowest BCUT2D eigenvalue weighted by atomic mass is 10.1. The van der Waals surface area contributed by atoms with Crippen LogP contribution in [0.15, 0.2) is 67.3 Å². The van der Waals surface area contributed by atoms with Gasteiger partial charge >= 0.3 is 0 Å². The summed E-state index contributed by atoms with van der Waals surface area (Å²) in [6.07, 6.45) is 11.7. The fourth-order valence-corrected chi connectivity index (χ4v) is 4.35. The molecule has 176 valence electrons. The van der Waals surface area contributed by atoms with E-state index in [1.165, 1.54) is 11.1 Å². The number of hydrogen-bond acceptors (Lipinski definition) is 2. The van der Waals surface area contributed by atoms with E-state index in [9.17, 15) is 4.39 Å². The summed E-state index contributed by atoms with van der Waals surface area (Å²) < 4.78 is 16.5. The number of anilines is 1. The highest BCUT2D eigenvalue weighted by atomic mass is 19.1. The first-order valence-electron chi connectivity index (χ1n) is 12.2. The topological polar surface area (TPSA) is 9.49 Å². The summed E-state index contributed by atoms with van der Waals surface area (Å²) in [4.78, 5) is 4.61. The number of allylic oxidation sites excluding steroid dienone is 2.